The molecule has 0 heterocycles. The molecule has 140 valence electrons. The van der Waals surface area contributed by atoms with Gasteiger partial charge in [0.1, 0.15) is 5.78 Å². The quantitative estimate of drug-likeness (QED) is 0.750. The first-order chi connectivity index (χ1) is 11.8. The SMILES string of the molecule is CCC1C(=O)CC2C3CC=C4CC(NC)C(O)CC4(C)C3CC[C@]12C. The van der Waals surface area contributed by atoms with Gasteiger partial charge in [-0.2, -0.15) is 0 Å². The average Bonchev–Trinajstić information content (AvgIpc) is 2.83. The molecule has 0 aliphatic heterocycles. The van der Waals surface area contributed by atoms with E-state index < -0.39 is 0 Å². The Morgan fingerprint density at radius 3 is 2.72 bits per heavy atom. The summed E-state index contributed by atoms with van der Waals surface area (Å²) in [5.41, 5.74) is 1.92. The van der Waals surface area contributed by atoms with Gasteiger partial charge < -0.3 is 10.4 Å². The summed E-state index contributed by atoms with van der Waals surface area (Å²) in [7, 11) is 1.96. The molecule has 0 bridgehead atoms. The van der Waals surface area contributed by atoms with Crippen LogP contribution in [0.5, 0.6) is 0 Å². The van der Waals surface area contributed by atoms with Crippen molar-refractivity contribution in [2.75, 3.05) is 7.05 Å². The molecule has 0 spiro atoms. The molecule has 0 aromatic rings. The van der Waals surface area contributed by atoms with E-state index in [-0.39, 0.29) is 28.9 Å². The normalized spacial score (nSPS) is 52.2. The molecule has 0 saturated heterocycles. The maximum absolute atomic E-state index is 12.7. The van der Waals surface area contributed by atoms with Crippen molar-refractivity contribution in [2.45, 2.75) is 77.9 Å². The number of likely N-dealkylation sites (N-methyl/N-ethyl adjacent to an activating group) is 1. The molecular weight excluding hydrogens is 310 g/mol. The first kappa shape index (κ1) is 17.7. The molecule has 0 aromatic carbocycles. The third-order valence-electron chi connectivity index (χ3n) is 8.99. The second-order valence-electron chi connectivity index (χ2n) is 9.81. The van der Waals surface area contributed by atoms with Crippen LogP contribution in [0.15, 0.2) is 11.6 Å². The largest absolute Gasteiger partial charge is 0.391 e. The lowest BCUT2D eigenvalue weighted by Crippen LogP contribution is -2.54. The summed E-state index contributed by atoms with van der Waals surface area (Å²) in [6.45, 7) is 7.00. The van der Waals surface area contributed by atoms with E-state index in [1.165, 1.54) is 12.8 Å². The van der Waals surface area contributed by atoms with Gasteiger partial charge in [0.2, 0.25) is 0 Å². The molecule has 0 amide bonds. The lowest BCUT2D eigenvalue weighted by molar-refractivity contribution is -0.122. The van der Waals surface area contributed by atoms with Crippen molar-refractivity contribution < 1.29 is 9.90 Å². The van der Waals surface area contributed by atoms with Gasteiger partial charge in [-0.3, -0.25) is 4.79 Å². The summed E-state index contributed by atoms with van der Waals surface area (Å²) in [5.74, 6) is 2.63. The van der Waals surface area contributed by atoms with Gasteiger partial charge >= 0.3 is 0 Å². The highest BCUT2D eigenvalue weighted by molar-refractivity contribution is 5.84. The van der Waals surface area contributed by atoms with Gasteiger partial charge in [-0.25, -0.2) is 0 Å². The fraction of sp³-hybridized carbons (Fsp3) is 0.864. The molecule has 4 aliphatic rings. The minimum absolute atomic E-state index is 0.129. The van der Waals surface area contributed by atoms with E-state index in [9.17, 15) is 9.90 Å². The van der Waals surface area contributed by atoms with Crippen LogP contribution >= 0.6 is 0 Å². The standard InChI is InChI=1S/C22H35NO2/c1-5-15-19(24)11-17-14-7-6-13-10-18(23-4)20(25)12-22(13,3)16(14)8-9-21(15,17)2/h6,14-18,20,23,25H,5,7-12H2,1-4H3/t14?,15?,16?,17?,18?,20?,21-,22?/m1/s1. The number of hydrogen-bond donors (Lipinski definition) is 2. The van der Waals surface area contributed by atoms with E-state index in [1.807, 2.05) is 7.05 Å². The zero-order valence-corrected chi connectivity index (χ0v) is 16.3. The van der Waals surface area contributed by atoms with Crippen molar-refractivity contribution in [1.82, 2.24) is 5.32 Å². The van der Waals surface area contributed by atoms with Gasteiger partial charge in [0, 0.05) is 18.4 Å². The maximum Gasteiger partial charge on any atom is 0.136 e. The molecule has 3 heteroatoms. The molecule has 4 rings (SSSR count). The predicted octanol–water partition coefficient (Wildman–Crippen LogP) is 3.71. The van der Waals surface area contributed by atoms with Crippen molar-refractivity contribution in [3.05, 3.63) is 11.6 Å². The highest BCUT2D eigenvalue weighted by Gasteiger charge is 2.61. The topological polar surface area (TPSA) is 49.3 Å². The fourth-order valence-corrected chi connectivity index (χ4v) is 7.59. The van der Waals surface area contributed by atoms with Crippen LogP contribution in [0.2, 0.25) is 0 Å². The van der Waals surface area contributed by atoms with Crippen molar-refractivity contribution in [3.8, 4) is 0 Å². The highest BCUT2D eigenvalue weighted by atomic mass is 16.3. The molecular formula is C22H35NO2. The Hall–Kier alpha value is -0.670. The Morgan fingerprint density at radius 2 is 2.04 bits per heavy atom. The predicted molar refractivity (Wildman–Crippen MR) is 100 cm³/mol. The number of nitrogens with one attached hydrogen (secondary N) is 1. The number of aliphatic hydroxyl groups is 1. The fourth-order valence-electron chi connectivity index (χ4n) is 7.59. The summed E-state index contributed by atoms with van der Waals surface area (Å²) < 4.78 is 0. The number of carbonyl (C=O) groups is 1. The number of carbonyl (C=O) groups excluding carboxylic acids is 1. The molecule has 3 saturated carbocycles. The second kappa shape index (κ2) is 5.92. The van der Waals surface area contributed by atoms with E-state index >= 15 is 0 Å². The van der Waals surface area contributed by atoms with E-state index in [0.717, 1.165) is 32.1 Å². The Balaban J connectivity index is 1.67. The zero-order chi connectivity index (χ0) is 18.0. The van der Waals surface area contributed by atoms with E-state index in [1.54, 1.807) is 5.57 Å². The third kappa shape index (κ3) is 2.34. The van der Waals surface area contributed by atoms with Crippen LogP contribution in [0.3, 0.4) is 0 Å². The first-order valence-electron chi connectivity index (χ1n) is 10.4. The number of allylic oxidation sites excluding steroid dienone is 1. The Morgan fingerprint density at radius 1 is 1.28 bits per heavy atom. The average molecular weight is 346 g/mol. The molecule has 3 nitrogen and oxygen atoms in total. The minimum Gasteiger partial charge on any atom is -0.391 e. The first-order valence-corrected chi connectivity index (χ1v) is 10.4. The van der Waals surface area contributed by atoms with Crippen molar-refractivity contribution >= 4 is 5.78 Å². The van der Waals surface area contributed by atoms with Gasteiger partial charge in [-0.05, 0) is 74.2 Å². The van der Waals surface area contributed by atoms with Crippen LogP contribution in [0, 0.1) is 34.5 Å². The van der Waals surface area contributed by atoms with Crippen LogP contribution in [-0.2, 0) is 4.79 Å². The molecule has 0 aromatic heterocycles. The summed E-state index contributed by atoms with van der Waals surface area (Å²) in [5, 5.41) is 14.0. The number of hydrogen-bond acceptors (Lipinski definition) is 3. The lowest BCUT2D eigenvalue weighted by atomic mass is 9.47. The zero-order valence-electron chi connectivity index (χ0n) is 16.3. The Labute approximate surface area is 152 Å². The molecule has 7 unspecified atom stereocenters. The third-order valence-corrected chi connectivity index (χ3v) is 8.99. The molecule has 4 aliphatic carbocycles. The molecule has 2 N–H and O–H groups in total. The number of aliphatic hydroxyl groups excluding tert-OH is 1. The number of Topliss-reactive ketones (excluding diaryl/α,β-unsaturated/α-hetero) is 1. The van der Waals surface area contributed by atoms with Crippen molar-refractivity contribution in [1.29, 1.82) is 0 Å². The minimum atomic E-state index is -0.257. The van der Waals surface area contributed by atoms with Gasteiger partial charge in [-0.15, -0.1) is 0 Å². The number of rotatable bonds is 2. The molecule has 3 fully saturated rings. The van der Waals surface area contributed by atoms with E-state index in [0.29, 0.717) is 23.5 Å². The molecule has 0 radical (unpaired) electrons. The lowest BCUT2D eigenvalue weighted by Gasteiger charge is -2.58. The van der Waals surface area contributed by atoms with Crippen LogP contribution < -0.4 is 5.32 Å². The maximum atomic E-state index is 12.7. The number of fused-ring (bicyclic) bond motifs is 5. The highest BCUT2D eigenvalue weighted by Crippen LogP contribution is 2.65. The smallest absolute Gasteiger partial charge is 0.136 e. The summed E-state index contributed by atoms with van der Waals surface area (Å²) in [4.78, 5) is 12.7. The summed E-state index contributed by atoms with van der Waals surface area (Å²) in [6.07, 6.45) is 9.47. The number of ketones is 1. The van der Waals surface area contributed by atoms with Gasteiger partial charge in [-0.1, -0.05) is 32.4 Å². The Kier molecular flexibility index (Phi) is 4.20. The Bertz CT molecular complexity index is 599. The second-order valence-corrected chi connectivity index (χ2v) is 9.81. The molecule has 8 atom stereocenters. The summed E-state index contributed by atoms with van der Waals surface area (Å²) >= 11 is 0. The van der Waals surface area contributed by atoms with E-state index in [2.05, 4.69) is 32.2 Å². The van der Waals surface area contributed by atoms with Crippen molar-refractivity contribution in [2.24, 2.45) is 34.5 Å². The monoisotopic (exact) mass is 345 g/mol. The van der Waals surface area contributed by atoms with Crippen LogP contribution in [0.25, 0.3) is 0 Å². The van der Waals surface area contributed by atoms with Crippen LogP contribution in [0.4, 0.5) is 0 Å². The van der Waals surface area contributed by atoms with Gasteiger partial charge in [0.15, 0.2) is 0 Å². The summed E-state index contributed by atoms with van der Waals surface area (Å²) in [6, 6.07) is 0.197. The van der Waals surface area contributed by atoms with Crippen LogP contribution in [-0.4, -0.2) is 30.1 Å². The van der Waals surface area contributed by atoms with Crippen LogP contribution in [0.1, 0.15) is 65.7 Å². The van der Waals surface area contributed by atoms with Crippen molar-refractivity contribution in [3.63, 3.8) is 0 Å². The van der Waals surface area contributed by atoms with Gasteiger partial charge in [0.25, 0.3) is 0 Å². The van der Waals surface area contributed by atoms with Gasteiger partial charge in [0.05, 0.1) is 6.10 Å². The van der Waals surface area contributed by atoms with E-state index in [4.69, 9.17) is 0 Å². The molecule has 25 heavy (non-hydrogen) atoms.